The molecule has 0 aromatic carbocycles. The molecule has 0 aliphatic rings. The Morgan fingerprint density at radius 3 is 2.60 bits per heavy atom. The molecular formula is C12H13F3N4O. The number of H-pyrrole nitrogens is 1. The standard InChI is InChI=1S/C12H13F3N4O/c1-8-16-5-10(19-8)6-17-9-2-3-11(18-4-9)20-7-12(13,14)15/h2-5,17H,6-7H2,1H3,(H,16,19). The molecule has 8 heteroatoms. The number of ether oxygens (including phenoxy) is 1. The monoisotopic (exact) mass is 286 g/mol. The Labute approximate surface area is 113 Å². The Bertz CT molecular complexity index is 551. The third kappa shape index (κ3) is 4.45. The molecule has 0 aliphatic carbocycles. The van der Waals surface area contributed by atoms with Crippen LogP contribution in [0.1, 0.15) is 11.5 Å². The van der Waals surface area contributed by atoms with Crippen LogP contribution in [0, 0.1) is 6.92 Å². The van der Waals surface area contributed by atoms with Crippen molar-refractivity contribution in [1.29, 1.82) is 0 Å². The van der Waals surface area contributed by atoms with Crippen LogP contribution < -0.4 is 10.1 Å². The molecule has 0 radical (unpaired) electrons. The molecule has 2 N–H and O–H groups in total. The lowest BCUT2D eigenvalue weighted by atomic mass is 10.4. The maximum Gasteiger partial charge on any atom is 0.422 e. The predicted molar refractivity (Wildman–Crippen MR) is 66.4 cm³/mol. The normalized spacial score (nSPS) is 11.4. The van der Waals surface area contributed by atoms with Crippen molar-refractivity contribution >= 4 is 5.69 Å². The average Bonchev–Trinajstić information content (AvgIpc) is 2.80. The highest BCUT2D eigenvalue weighted by Crippen LogP contribution is 2.18. The summed E-state index contributed by atoms with van der Waals surface area (Å²) in [5.41, 5.74) is 1.58. The quantitative estimate of drug-likeness (QED) is 0.887. The number of imidazole rings is 1. The van der Waals surface area contributed by atoms with Gasteiger partial charge in [0, 0.05) is 6.07 Å². The fraction of sp³-hybridized carbons (Fsp3) is 0.333. The molecule has 2 rings (SSSR count). The van der Waals surface area contributed by atoms with Crippen molar-refractivity contribution in [3.8, 4) is 5.88 Å². The Morgan fingerprint density at radius 2 is 2.05 bits per heavy atom. The van der Waals surface area contributed by atoms with Crippen molar-refractivity contribution in [3.63, 3.8) is 0 Å². The molecule has 0 saturated heterocycles. The van der Waals surface area contributed by atoms with Gasteiger partial charge in [0.05, 0.1) is 30.3 Å². The number of aromatic nitrogens is 3. The molecule has 0 bridgehead atoms. The van der Waals surface area contributed by atoms with Crippen molar-refractivity contribution < 1.29 is 17.9 Å². The van der Waals surface area contributed by atoms with E-state index in [0.29, 0.717) is 12.2 Å². The zero-order valence-electron chi connectivity index (χ0n) is 10.7. The van der Waals surface area contributed by atoms with Crippen molar-refractivity contribution in [2.75, 3.05) is 11.9 Å². The molecule has 2 aromatic heterocycles. The van der Waals surface area contributed by atoms with Gasteiger partial charge >= 0.3 is 6.18 Å². The molecule has 0 spiro atoms. The van der Waals surface area contributed by atoms with E-state index >= 15 is 0 Å². The molecule has 20 heavy (non-hydrogen) atoms. The summed E-state index contributed by atoms with van der Waals surface area (Å²) in [7, 11) is 0. The lowest BCUT2D eigenvalue weighted by molar-refractivity contribution is -0.154. The Hall–Kier alpha value is -2.25. The van der Waals surface area contributed by atoms with Gasteiger partial charge in [-0.25, -0.2) is 9.97 Å². The molecule has 5 nitrogen and oxygen atoms in total. The van der Waals surface area contributed by atoms with Crippen LogP contribution in [0.15, 0.2) is 24.5 Å². The second-order valence-corrected chi connectivity index (χ2v) is 4.14. The van der Waals surface area contributed by atoms with E-state index < -0.39 is 12.8 Å². The number of pyridine rings is 1. The zero-order chi connectivity index (χ0) is 14.6. The molecule has 0 amide bonds. The number of nitrogens with zero attached hydrogens (tertiary/aromatic N) is 2. The van der Waals surface area contributed by atoms with Crippen molar-refractivity contribution in [2.24, 2.45) is 0 Å². The van der Waals surface area contributed by atoms with Gasteiger partial charge in [-0.3, -0.25) is 0 Å². The minimum atomic E-state index is -4.36. The summed E-state index contributed by atoms with van der Waals surface area (Å²) in [6, 6.07) is 2.98. The minimum absolute atomic E-state index is 0.0646. The van der Waals surface area contributed by atoms with Crippen LogP contribution in [0.4, 0.5) is 18.9 Å². The first-order valence-electron chi connectivity index (χ1n) is 5.82. The number of hydrogen-bond donors (Lipinski definition) is 2. The number of rotatable bonds is 5. The summed E-state index contributed by atoms with van der Waals surface area (Å²) in [4.78, 5) is 10.9. The van der Waals surface area contributed by atoms with E-state index in [4.69, 9.17) is 0 Å². The van der Waals surface area contributed by atoms with Gasteiger partial charge in [0.25, 0.3) is 0 Å². The lowest BCUT2D eigenvalue weighted by Crippen LogP contribution is -2.19. The van der Waals surface area contributed by atoms with Crippen molar-refractivity contribution in [2.45, 2.75) is 19.6 Å². The minimum Gasteiger partial charge on any atom is -0.468 e. The van der Waals surface area contributed by atoms with E-state index in [9.17, 15) is 13.2 Å². The molecule has 0 atom stereocenters. The highest BCUT2D eigenvalue weighted by Gasteiger charge is 2.28. The largest absolute Gasteiger partial charge is 0.468 e. The molecule has 0 aliphatic heterocycles. The molecule has 108 valence electrons. The SMILES string of the molecule is Cc1ncc(CNc2ccc(OCC(F)(F)F)nc2)[nH]1. The molecule has 0 unspecified atom stereocenters. The Morgan fingerprint density at radius 1 is 1.25 bits per heavy atom. The summed E-state index contributed by atoms with van der Waals surface area (Å²) in [5, 5.41) is 3.06. The first-order chi connectivity index (χ1) is 9.42. The maximum atomic E-state index is 12.0. The van der Waals surface area contributed by atoms with E-state index in [1.54, 1.807) is 12.3 Å². The number of aryl methyl sites for hydroxylation is 1. The third-order valence-corrected chi connectivity index (χ3v) is 2.36. The second kappa shape index (κ2) is 5.81. The molecule has 0 saturated carbocycles. The van der Waals surface area contributed by atoms with Crippen LogP contribution >= 0.6 is 0 Å². The average molecular weight is 286 g/mol. The van der Waals surface area contributed by atoms with Crippen LogP contribution in [0.5, 0.6) is 5.88 Å². The Balaban J connectivity index is 1.85. The molecular weight excluding hydrogens is 273 g/mol. The first kappa shape index (κ1) is 14.2. The summed E-state index contributed by atoms with van der Waals surface area (Å²) in [6.07, 6.45) is -1.25. The highest BCUT2D eigenvalue weighted by atomic mass is 19.4. The maximum absolute atomic E-state index is 12.0. The van der Waals surface area contributed by atoms with Gasteiger partial charge in [-0.05, 0) is 13.0 Å². The topological polar surface area (TPSA) is 62.8 Å². The van der Waals surface area contributed by atoms with Crippen LogP contribution in [0.2, 0.25) is 0 Å². The van der Waals surface area contributed by atoms with Gasteiger partial charge in [0.15, 0.2) is 6.61 Å². The van der Waals surface area contributed by atoms with E-state index in [-0.39, 0.29) is 5.88 Å². The number of anilines is 1. The van der Waals surface area contributed by atoms with E-state index in [0.717, 1.165) is 11.5 Å². The first-order valence-corrected chi connectivity index (χ1v) is 5.82. The lowest BCUT2D eigenvalue weighted by Gasteiger charge is -2.09. The Kier molecular flexibility index (Phi) is 4.11. The zero-order valence-corrected chi connectivity index (χ0v) is 10.7. The number of aromatic amines is 1. The van der Waals surface area contributed by atoms with Crippen molar-refractivity contribution in [1.82, 2.24) is 15.0 Å². The van der Waals surface area contributed by atoms with Gasteiger partial charge < -0.3 is 15.0 Å². The summed E-state index contributed by atoms with van der Waals surface area (Å²) < 4.78 is 40.4. The van der Waals surface area contributed by atoms with Gasteiger partial charge in [0.1, 0.15) is 5.82 Å². The molecule has 2 heterocycles. The smallest absolute Gasteiger partial charge is 0.422 e. The van der Waals surface area contributed by atoms with E-state index in [1.165, 1.54) is 12.3 Å². The van der Waals surface area contributed by atoms with E-state index in [2.05, 4.69) is 25.0 Å². The predicted octanol–water partition coefficient (Wildman–Crippen LogP) is 2.67. The third-order valence-electron chi connectivity index (χ3n) is 2.36. The number of halogens is 3. The number of alkyl halides is 3. The van der Waals surface area contributed by atoms with Gasteiger partial charge in [0.2, 0.25) is 5.88 Å². The fourth-order valence-electron chi connectivity index (χ4n) is 1.48. The second-order valence-electron chi connectivity index (χ2n) is 4.14. The number of hydrogen-bond acceptors (Lipinski definition) is 4. The summed E-state index contributed by atoms with van der Waals surface area (Å²) in [6.45, 7) is 1.02. The van der Waals surface area contributed by atoms with Crippen molar-refractivity contribution in [3.05, 3.63) is 36.0 Å². The van der Waals surface area contributed by atoms with Crippen LogP contribution in [-0.4, -0.2) is 27.7 Å². The van der Waals surface area contributed by atoms with Gasteiger partial charge in [-0.2, -0.15) is 13.2 Å². The molecule has 2 aromatic rings. The van der Waals surface area contributed by atoms with Crippen LogP contribution in [0.25, 0.3) is 0 Å². The molecule has 0 fully saturated rings. The van der Waals surface area contributed by atoms with Crippen LogP contribution in [0.3, 0.4) is 0 Å². The van der Waals surface area contributed by atoms with Gasteiger partial charge in [-0.15, -0.1) is 0 Å². The van der Waals surface area contributed by atoms with Crippen LogP contribution in [-0.2, 0) is 6.54 Å². The number of nitrogens with one attached hydrogen (secondary N) is 2. The van der Waals surface area contributed by atoms with Gasteiger partial charge in [-0.1, -0.05) is 0 Å². The summed E-state index contributed by atoms with van der Waals surface area (Å²) >= 11 is 0. The fourth-order valence-corrected chi connectivity index (χ4v) is 1.48. The van der Waals surface area contributed by atoms with E-state index in [1.807, 2.05) is 6.92 Å². The summed E-state index contributed by atoms with van der Waals surface area (Å²) in [5.74, 6) is 0.751. The highest BCUT2D eigenvalue weighted by molar-refractivity contribution is 5.42.